The molecule has 0 aromatic carbocycles. The summed E-state index contributed by atoms with van der Waals surface area (Å²) in [7, 11) is 2.02. The summed E-state index contributed by atoms with van der Waals surface area (Å²) in [6.07, 6.45) is 3.18. The zero-order valence-electron chi connectivity index (χ0n) is 12.9. The van der Waals surface area contributed by atoms with Crippen LogP contribution in [0.25, 0.3) is 0 Å². The molecular formula is C14H29N3O3. The first-order valence-electron chi connectivity index (χ1n) is 7.26. The minimum absolute atomic E-state index is 0.267. The first-order valence-corrected chi connectivity index (χ1v) is 7.26. The summed E-state index contributed by atoms with van der Waals surface area (Å²) in [5.74, 6) is 0.267. The van der Waals surface area contributed by atoms with E-state index in [0.717, 1.165) is 19.4 Å². The molecule has 1 saturated heterocycles. The zero-order chi connectivity index (χ0) is 15.2. The second-order valence-electron chi connectivity index (χ2n) is 6.55. The number of nitrogens with two attached hydrogens (primary N) is 1. The molecule has 1 rings (SSSR count). The van der Waals surface area contributed by atoms with Gasteiger partial charge < -0.3 is 25.7 Å². The molecule has 1 fully saturated rings. The van der Waals surface area contributed by atoms with Gasteiger partial charge in [0.1, 0.15) is 5.84 Å². The highest BCUT2D eigenvalue weighted by atomic mass is 16.5. The lowest BCUT2D eigenvalue weighted by molar-refractivity contribution is -0.0769. The molecule has 0 spiro atoms. The SMILES string of the molecule is CN(CCCC(C)(C)C(N)=NO)CC1(O)CCOCC1. The number of amidine groups is 1. The fourth-order valence-corrected chi connectivity index (χ4v) is 2.55. The number of aliphatic hydroxyl groups is 1. The monoisotopic (exact) mass is 287 g/mol. The van der Waals surface area contributed by atoms with Crippen LogP contribution >= 0.6 is 0 Å². The molecule has 1 aliphatic heterocycles. The minimum Gasteiger partial charge on any atom is -0.409 e. The number of oxime groups is 1. The Kier molecular flexibility index (Phi) is 6.23. The predicted octanol–water partition coefficient (Wildman–Crippen LogP) is 1.01. The Labute approximate surface area is 121 Å². The molecular weight excluding hydrogens is 258 g/mol. The third-order valence-corrected chi connectivity index (χ3v) is 4.13. The van der Waals surface area contributed by atoms with Crippen molar-refractivity contribution in [1.29, 1.82) is 0 Å². The van der Waals surface area contributed by atoms with Crippen molar-refractivity contribution in [3.05, 3.63) is 0 Å². The van der Waals surface area contributed by atoms with Crippen molar-refractivity contribution in [2.45, 2.75) is 45.1 Å². The minimum atomic E-state index is -0.617. The van der Waals surface area contributed by atoms with Gasteiger partial charge in [-0.05, 0) is 26.4 Å². The lowest BCUT2D eigenvalue weighted by Crippen LogP contribution is -2.46. The highest BCUT2D eigenvalue weighted by Crippen LogP contribution is 2.24. The molecule has 118 valence electrons. The van der Waals surface area contributed by atoms with Gasteiger partial charge in [-0.25, -0.2) is 0 Å². The van der Waals surface area contributed by atoms with Gasteiger partial charge in [0, 0.05) is 38.0 Å². The van der Waals surface area contributed by atoms with Crippen LogP contribution in [0.15, 0.2) is 5.16 Å². The number of nitrogens with zero attached hydrogens (tertiary/aromatic N) is 2. The van der Waals surface area contributed by atoms with E-state index in [9.17, 15) is 5.11 Å². The van der Waals surface area contributed by atoms with Gasteiger partial charge in [-0.1, -0.05) is 19.0 Å². The number of likely N-dealkylation sites (N-methyl/N-ethyl adjacent to an activating group) is 1. The molecule has 0 aromatic heterocycles. The van der Waals surface area contributed by atoms with Gasteiger partial charge in [0.15, 0.2) is 0 Å². The van der Waals surface area contributed by atoms with Crippen LogP contribution in [0, 0.1) is 5.41 Å². The second kappa shape index (κ2) is 7.24. The molecule has 1 aliphatic rings. The summed E-state index contributed by atoms with van der Waals surface area (Å²) >= 11 is 0. The highest BCUT2D eigenvalue weighted by molar-refractivity contribution is 5.85. The molecule has 0 saturated carbocycles. The molecule has 0 radical (unpaired) electrons. The maximum absolute atomic E-state index is 10.4. The van der Waals surface area contributed by atoms with Crippen LogP contribution in [0.4, 0.5) is 0 Å². The van der Waals surface area contributed by atoms with Crippen LogP contribution in [-0.4, -0.2) is 60.0 Å². The van der Waals surface area contributed by atoms with Gasteiger partial charge >= 0.3 is 0 Å². The zero-order valence-corrected chi connectivity index (χ0v) is 12.9. The van der Waals surface area contributed by atoms with Crippen LogP contribution in [0.2, 0.25) is 0 Å². The molecule has 0 bridgehead atoms. The van der Waals surface area contributed by atoms with E-state index >= 15 is 0 Å². The van der Waals surface area contributed by atoms with Crippen LogP contribution in [0.5, 0.6) is 0 Å². The van der Waals surface area contributed by atoms with E-state index in [0.29, 0.717) is 32.6 Å². The molecule has 0 aromatic rings. The third-order valence-electron chi connectivity index (χ3n) is 4.13. The highest BCUT2D eigenvalue weighted by Gasteiger charge is 2.31. The second-order valence-corrected chi connectivity index (χ2v) is 6.55. The maximum atomic E-state index is 10.4. The summed E-state index contributed by atoms with van der Waals surface area (Å²) in [5.41, 5.74) is 4.75. The van der Waals surface area contributed by atoms with Crippen LogP contribution in [0.1, 0.15) is 39.5 Å². The molecule has 20 heavy (non-hydrogen) atoms. The van der Waals surface area contributed by atoms with Crippen molar-refractivity contribution in [3.63, 3.8) is 0 Å². The Balaban J connectivity index is 2.31. The fourth-order valence-electron chi connectivity index (χ4n) is 2.55. The molecule has 6 nitrogen and oxygen atoms in total. The number of hydrogen-bond acceptors (Lipinski definition) is 5. The Hall–Kier alpha value is -0.850. The lowest BCUT2D eigenvalue weighted by atomic mass is 9.86. The molecule has 0 aliphatic carbocycles. The molecule has 0 amide bonds. The molecule has 6 heteroatoms. The van der Waals surface area contributed by atoms with Gasteiger partial charge in [0.25, 0.3) is 0 Å². The average Bonchev–Trinajstić information content (AvgIpc) is 2.37. The summed E-state index contributed by atoms with van der Waals surface area (Å²) in [6, 6.07) is 0. The van der Waals surface area contributed by atoms with Crippen molar-refractivity contribution in [1.82, 2.24) is 4.90 Å². The normalized spacial score (nSPS) is 20.4. The number of ether oxygens (including phenoxy) is 1. The van der Waals surface area contributed by atoms with E-state index in [1.807, 2.05) is 20.9 Å². The fraction of sp³-hybridized carbons (Fsp3) is 0.929. The standard InChI is InChI=1S/C14H29N3O3/c1-13(2,12(15)16-19)5-4-8-17(3)11-14(18)6-9-20-10-7-14/h18-19H,4-11H2,1-3H3,(H2,15,16). The van der Waals surface area contributed by atoms with Gasteiger partial charge in [-0.3, -0.25) is 0 Å². The van der Waals surface area contributed by atoms with E-state index in [2.05, 4.69) is 10.1 Å². The Bertz CT molecular complexity index is 326. The Morgan fingerprint density at radius 2 is 2.00 bits per heavy atom. The summed E-state index contributed by atoms with van der Waals surface area (Å²) in [4.78, 5) is 2.15. The van der Waals surface area contributed by atoms with E-state index in [1.165, 1.54) is 0 Å². The first-order chi connectivity index (χ1) is 9.29. The van der Waals surface area contributed by atoms with Gasteiger partial charge in [-0.2, -0.15) is 0 Å². The van der Waals surface area contributed by atoms with E-state index < -0.39 is 5.60 Å². The van der Waals surface area contributed by atoms with Crippen LogP contribution in [-0.2, 0) is 4.74 Å². The van der Waals surface area contributed by atoms with E-state index in [-0.39, 0.29) is 11.3 Å². The number of rotatable bonds is 7. The van der Waals surface area contributed by atoms with E-state index in [4.69, 9.17) is 15.7 Å². The Morgan fingerprint density at radius 1 is 1.40 bits per heavy atom. The summed E-state index contributed by atoms with van der Waals surface area (Å²) in [5, 5.41) is 22.3. The van der Waals surface area contributed by atoms with Crippen LogP contribution < -0.4 is 5.73 Å². The summed E-state index contributed by atoms with van der Waals surface area (Å²) in [6.45, 7) is 6.76. The molecule has 4 N–H and O–H groups in total. The smallest absolute Gasteiger partial charge is 0.144 e. The van der Waals surface area contributed by atoms with Gasteiger partial charge in [0.05, 0.1) is 5.60 Å². The number of hydrogen-bond donors (Lipinski definition) is 3. The topological polar surface area (TPSA) is 91.3 Å². The average molecular weight is 287 g/mol. The Morgan fingerprint density at radius 3 is 2.55 bits per heavy atom. The van der Waals surface area contributed by atoms with Crippen LogP contribution in [0.3, 0.4) is 0 Å². The van der Waals surface area contributed by atoms with Crippen molar-refractivity contribution in [2.24, 2.45) is 16.3 Å². The molecule has 0 atom stereocenters. The largest absolute Gasteiger partial charge is 0.409 e. The molecule has 1 heterocycles. The predicted molar refractivity (Wildman–Crippen MR) is 78.9 cm³/mol. The lowest BCUT2D eigenvalue weighted by Gasteiger charge is -2.35. The first kappa shape index (κ1) is 17.2. The maximum Gasteiger partial charge on any atom is 0.144 e. The van der Waals surface area contributed by atoms with Gasteiger partial charge in [0.2, 0.25) is 0 Å². The van der Waals surface area contributed by atoms with Gasteiger partial charge in [-0.15, -0.1) is 0 Å². The quantitative estimate of drug-likeness (QED) is 0.281. The van der Waals surface area contributed by atoms with Crippen molar-refractivity contribution in [3.8, 4) is 0 Å². The third kappa shape index (κ3) is 5.26. The van der Waals surface area contributed by atoms with Crippen molar-refractivity contribution >= 4 is 5.84 Å². The molecule has 0 unspecified atom stereocenters. The van der Waals surface area contributed by atoms with Crippen molar-refractivity contribution in [2.75, 3.05) is 33.4 Å². The van der Waals surface area contributed by atoms with E-state index in [1.54, 1.807) is 0 Å². The van der Waals surface area contributed by atoms with Crippen molar-refractivity contribution < 1.29 is 15.1 Å². The summed E-state index contributed by atoms with van der Waals surface area (Å²) < 4.78 is 5.28.